The van der Waals surface area contributed by atoms with Crippen LogP contribution in [-0.2, 0) is 4.74 Å². The summed E-state index contributed by atoms with van der Waals surface area (Å²) in [5.74, 6) is 1.06. The molecule has 2 aromatic rings. The molecule has 2 saturated heterocycles. The Morgan fingerprint density at radius 1 is 1.26 bits per heavy atom. The summed E-state index contributed by atoms with van der Waals surface area (Å²) in [6.45, 7) is 4.74. The van der Waals surface area contributed by atoms with Gasteiger partial charge in [-0.25, -0.2) is 9.97 Å². The molecule has 2 fully saturated rings. The lowest BCUT2D eigenvalue weighted by Crippen LogP contribution is -2.55. The number of thioether (sulfide) groups is 1. The zero-order valence-corrected chi connectivity index (χ0v) is 14.2. The van der Waals surface area contributed by atoms with E-state index in [1.165, 1.54) is 4.90 Å². The van der Waals surface area contributed by atoms with Crippen LogP contribution in [0.3, 0.4) is 0 Å². The predicted octanol–water partition coefficient (Wildman–Crippen LogP) is 2.31. The van der Waals surface area contributed by atoms with Gasteiger partial charge in [0.2, 0.25) is 0 Å². The van der Waals surface area contributed by atoms with Crippen molar-refractivity contribution < 1.29 is 4.74 Å². The van der Waals surface area contributed by atoms with Gasteiger partial charge in [-0.1, -0.05) is 0 Å². The third-order valence-electron chi connectivity index (χ3n) is 4.93. The van der Waals surface area contributed by atoms with E-state index in [1.54, 1.807) is 18.1 Å². The predicted molar refractivity (Wildman–Crippen MR) is 94.3 cm³/mol. The lowest BCUT2D eigenvalue weighted by Gasteiger charge is -2.44. The third kappa shape index (κ3) is 2.91. The van der Waals surface area contributed by atoms with Crippen molar-refractivity contribution in [1.29, 1.82) is 0 Å². The van der Waals surface area contributed by atoms with Gasteiger partial charge in [-0.3, -0.25) is 0 Å². The second-order valence-corrected chi connectivity index (χ2v) is 7.16. The van der Waals surface area contributed by atoms with Gasteiger partial charge in [-0.2, -0.15) is 0 Å². The minimum absolute atomic E-state index is 0.0298. The van der Waals surface area contributed by atoms with Gasteiger partial charge in [0.25, 0.3) is 0 Å². The lowest BCUT2D eigenvalue weighted by molar-refractivity contribution is -0.0800. The smallest absolute Gasteiger partial charge is 0.139 e. The molecular weight excluding hydrogens is 308 g/mol. The van der Waals surface area contributed by atoms with E-state index in [0.29, 0.717) is 0 Å². The molecule has 5 nitrogen and oxygen atoms in total. The standard InChI is InChI=1S/C17H22N4OS/c1-23-13-2-3-15-14(10-13)16(20-12-19-15)21-7-4-17(5-8-21)11-18-6-9-22-17/h2-3,10,12,18H,4-9,11H2,1H3. The van der Waals surface area contributed by atoms with Crippen molar-refractivity contribution in [3.8, 4) is 0 Å². The Hall–Kier alpha value is -1.37. The van der Waals surface area contributed by atoms with Crippen molar-refractivity contribution in [1.82, 2.24) is 15.3 Å². The lowest BCUT2D eigenvalue weighted by atomic mass is 9.90. The maximum Gasteiger partial charge on any atom is 0.139 e. The molecule has 23 heavy (non-hydrogen) atoms. The van der Waals surface area contributed by atoms with Gasteiger partial charge >= 0.3 is 0 Å². The summed E-state index contributed by atoms with van der Waals surface area (Å²) in [5.41, 5.74) is 1.05. The van der Waals surface area contributed by atoms with E-state index in [-0.39, 0.29) is 5.60 Å². The molecule has 0 radical (unpaired) electrons. The highest BCUT2D eigenvalue weighted by Crippen LogP contribution is 2.33. The fourth-order valence-corrected chi connectivity index (χ4v) is 4.00. The molecule has 1 spiro atoms. The summed E-state index contributed by atoms with van der Waals surface area (Å²) in [6, 6.07) is 6.42. The highest BCUT2D eigenvalue weighted by atomic mass is 32.2. The van der Waals surface area contributed by atoms with Crippen LogP contribution in [0.1, 0.15) is 12.8 Å². The van der Waals surface area contributed by atoms with Gasteiger partial charge < -0.3 is 15.0 Å². The number of nitrogens with zero attached hydrogens (tertiary/aromatic N) is 3. The maximum atomic E-state index is 6.09. The second kappa shape index (κ2) is 6.26. The van der Waals surface area contributed by atoms with Crippen molar-refractivity contribution in [2.45, 2.75) is 23.3 Å². The highest BCUT2D eigenvalue weighted by Gasteiger charge is 2.37. The van der Waals surface area contributed by atoms with E-state index in [0.717, 1.165) is 62.3 Å². The fourth-order valence-electron chi connectivity index (χ4n) is 3.56. The van der Waals surface area contributed by atoms with Crippen molar-refractivity contribution >= 4 is 28.5 Å². The van der Waals surface area contributed by atoms with E-state index in [9.17, 15) is 0 Å². The molecule has 3 heterocycles. The maximum absolute atomic E-state index is 6.09. The number of ether oxygens (including phenoxy) is 1. The summed E-state index contributed by atoms with van der Waals surface area (Å²) < 4.78 is 6.09. The summed E-state index contributed by atoms with van der Waals surface area (Å²) in [4.78, 5) is 12.6. The van der Waals surface area contributed by atoms with Gasteiger partial charge in [0.15, 0.2) is 0 Å². The van der Waals surface area contributed by atoms with Crippen molar-refractivity contribution in [2.75, 3.05) is 43.9 Å². The molecule has 0 saturated carbocycles. The highest BCUT2D eigenvalue weighted by molar-refractivity contribution is 7.98. The molecule has 2 aliphatic rings. The van der Waals surface area contributed by atoms with Crippen LogP contribution in [0, 0.1) is 0 Å². The number of benzene rings is 1. The summed E-state index contributed by atoms with van der Waals surface area (Å²) >= 11 is 1.75. The Kier molecular flexibility index (Phi) is 4.13. The number of rotatable bonds is 2. The van der Waals surface area contributed by atoms with Gasteiger partial charge in [0.1, 0.15) is 12.1 Å². The first-order valence-electron chi connectivity index (χ1n) is 8.18. The first kappa shape index (κ1) is 15.2. The number of hydrogen-bond donors (Lipinski definition) is 1. The minimum Gasteiger partial charge on any atom is -0.372 e. The summed E-state index contributed by atoms with van der Waals surface area (Å²) in [5, 5.41) is 4.62. The van der Waals surface area contributed by atoms with Gasteiger partial charge in [0, 0.05) is 36.5 Å². The number of anilines is 1. The first-order chi connectivity index (χ1) is 11.3. The number of piperidine rings is 1. The van der Waals surface area contributed by atoms with Crippen LogP contribution in [0.4, 0.5) is 5.82 Å². The Labute approximate surface area is 140 Å². The van der Waals surface area contributed by atoms with Crippen LogP contribution in [0.2, 0.25) is 0 Å². The second-order valence-electron chi connectivity index (χ2n) is 6.28. The van der Waals surface area contributed by atoms with E-state index >= 15 is 0 Å². The zero-order chi connectivity index (χ0) is 15.7. The minimum atomic E-state index is 0.0298. The average Bonchev–Trinajstić information content (AvgIpc) is 2.62. The monoisotopic (exact) mass is 330 g/mol. The number of nitrogens with one attached hydrogen (secondary N) is 1. The van der Waals surface area contributed by atoms with Crippen LogP contribution >= 0.6 is 11.8 Å². The molecule has 1 aromatic heterocycles. The van der Waals surface area contributed by atoms with Crippen molar-refractivity contribution in [3.63, 3.8) is 0 Å². The van der Waals surface area contributed by atoms with E-state index in [1.807, 2.05) is 0 Å². The molecule has 1 N–H and O–H groups in total. The average molecular weight is 330 g/mol. The van der Waals surface area contributed by atoms with Crippen LogP contribution in [0.15, 0.2) is 29.4 Å². The molecular formula is C17H22N4OS. The van der Waals surface area contributed by atoms with E-state index < -0.39 is 0 Å². The van der Waals surface area contributed by atoms with E-state index in [4.69, 9.17) is 4.74 Å². The summed E-state index contributed by atoms with van der Waals surface area (Å²) in [6.07, 6.45) is 5.88. The third-order valence-corrected chi connectivity index (χ3v) is 5.66. The van der Waals surface area contributed by atoms with Crippen LogP contribution in [0.5, 0.6) is 0 Å². The van der Waals surface area contributed by atoms with Gasteiger partial charge in [0.05, 0.1) is 17.7 Å². The summed E-state index contributed by atoms with van der Waals surface area (Å²) in [7, 11) is 0. The fraction of sp³-hybridized carbons (Fsp3) is 0.529. The number of fused-ring (bicyclic) bond motifs is 1. The molecule has 0 atom stereocenters. The normalized spacial score (nSPS) is 21.0. The Morgan fingerprint density at radius 3 is 2.87 bits per heavy atom. The first-order valence-corrected chi connectivity index (χ1v) is 9.41. The molecule has 0 aliphatic carbocycles. The van der Waals surface area contributed by atoms with Crippen molar-refractivity contribution in [3.05, 3.63) is 24.5 Å². The topological polar surface area (TPSA) is 50.3 Å². The molecule has 0 unspecified atom stereocenters. The Morgan fingerprint density at radius 2 is 2.13 bits per heavy atom. The number of morpholine rings is 1. The quantitative estimate of drug-likeness (QED) is 0.853. The van der Waals surface area contributed by atoms with Crippen LogP contribution in [-0.4, -0.2) is 54.6 Å². The molecule has 4 rings (SSSR count). The largest absolute Gasteiger partial charge is 0.372 e. The number of hydrogen-bond acceptors (Lipinski definition) is 6. The van der Waals surface area contributed by atoms with Crippen molar-refractivity contribution in [2.24, 2.45) is 0 Å². The molecule has 2 aliphatic heterocycles. The van der Waals surface area contributed by atoms with Crippen LogP contribution in [0.25, 0.3) is 10.9 Å². The molecule has 0 bridgehead atoms. The Balaban J connectivity index is 1.60. The van der Waals surface area contributed by atoms with Crippen LogP contribution < -0.4 is 10.2 Å². The van der Waals surface area contributed by atoms with Gasteiger partial charge in [-0.05, 0) is 37.3 Å². The molecule has 1 aromatic carbocycles. The SMILES string of the molecule is CSc1ccc2ncnc(N3CCC4(CC3)CNCCO4)c2c1. The van der Waals surface area contributed by atoms with Gasteiger partial charge in [-0.15, -0.1) is 11.8 Å². The number of aromatic nitrogens is 2. The molecule has 122 valence electrons. The Bertz CT molecular complexity index is 692. The van der Waals surface area contributed by atoms with E-state index in [2.05, 4.69) is 44.6 Å². The molecule has 0 amide bonds. The zero-order valence-electron chi connectivity index (χ0n) is 13.4. The molecule has 6 heteroatoms.